The van der Waals surface area contributed by atoms with Crippen LogP contribution < -0.4 is 5.32 Å². The first-order valence-corrected chi connectivity index (χ1v) is 5.58. The number of hydrogen-bond acceptors (Lipinski definition) is 4. The zero-order valence-electron chi connectivity index (χ0n) is 9.80. The highest BCUT2D eigenvalue weighted by atomic mass is 16.5. The molecular weight excluding hydrogens is 230 g/mol. The number of aliphatic imine (C=N–C) groups is 2. The van der Waals surface area contributed by atoms with Crippen molar-refractivity contribution in [3.05, 3.63) is 35.9 Å². The molecule has 1 aromatic rings. The lowest BCUT2D eigenvalue weighted by atomic mass is 10.0. The number of carbonyl (C=O) groups excluding carboxylic acids is 1. The number of nitrogens with zero attached hydrogens (tertiary/aromatic N) is 2. The van der Waals surface area contributed by atoms with Gasteiger partial charge in [-0.1, -0.05) is 24.3 Å². The van der Waals surface area contributed by atoms with Gasteiger partial charge in [-0.2, -0.15) is 0 Å². The zero-order chi connectivity index (χ0) is 12.5. The van der Waals surface area contributed by atoms with Gasteiger partial charge >= 0.3 is 6.09 Å². The molecule has 1 N–H and O–H groups in total. The fourth-order valence-electron chi connectivity index (χ4n) is 2.04. The van der Waals surface area contributed by atoms with Crippen LogP contribution in [0.1, 0.15) is 5.56 Å². The zero-order valence-corrected chi connectivity index (χ0v) is 9.80. The van der Waals surface area contributed by atoms with Crippen molar-refractivity contribution in [2.75, 3.05) is 13.7 Å². The van der Waals surface area contributed by atoms with Crippen molar-refractivity contribution in [2.45, 2.75) is 0 Å². The average molecular weight is 241 g/mol. The number of benzene rings is 1. The number of amidine groups is 1. The summed E-state index contributed by atoms with van der Waals surface area (Å²) in [6.07, 6.45) is 1.47. The van der Waals surface area contributed by atoms with Crippen molar-refractivity contribution in [3.63, 3.8) is 0 Å². The lowest BCUT2D eigenvalue weighted by Crippen LogP contribution is -2.37. The van der Waals surface area contributed by atoms with E-state index in [1.807, 2.05) is 30.3 Å². The fraction of sp³-hybridized carbons (Fsp3) is 0.154. The number of dihydropyridines is 1. The second-order valence-electron chi connectivity index (χ2n) is 3.90. The van der Waals surface area contributed by atoms with E-state index in [0.29, 0.717) is 18.1 Å². The van der Waals surface area contributed by atoms with Crippen molar-refractivity contribution in [2.24, 2.45) is 9.98 Å². The van der Waals surface area contributed by atoms with Gasteiger partial charge in [0.05, 0.1) is 19.3 Å². The quantitative estimate of drug-likeness (QED) is 0.754. The van der Waals surface area contributed by atoms with Crippen molar-refractivity contribution in [1.82, 2.24) is 5.32 Å². The molecule has 2 aliphatic heterocycles. The molecule has 0 saturated heterocycles. The van der Waals surface area contributed by atoms with E-state index in [4.69, 9.17) is 0 Å². The molecule has 0 bridgehead atoms. The number of ether oxygens (including phenoxy) is 1. The molecule has 90 valence electrons. The smallest absolute Gasteiger partial charge is 0.412 e. The van der Waals surface area contributed by atoms with Crippen LogP contribution in [0.4, 0.5) is 10.5 Å². The van der Waals surface area contributed by atoms with Gasteiger partial charge < -0.3 is 4.74 Å². The van der Waals surface area contributed by atoms with E-state index in [0.717, 1.165) is 16.8 Å². The van der Waals surface area contributed by atoms with Gasteiger partial charge in [-0.3, -0.25) is 10.3 Å². The monoisotopic (exact) mass is 241 g/mol. The summed E-state index contributed by atoms with van der Waals surface area (Å²) in [4.78, 5) is 20.0. The number of hydrogen-bond donors (Lipinski definition) is 1. The van der Waals surface area contributed by atoms with Gasteiger partial charge in [-0.05, 0) is 6.07 Å². The number of nitrogens with one attached hydrogen (secondary N) is 1. The predicted octanol–water partition coefficient (Wildman–Crippen LogP) is 1.92. The fourth-order valence-corrected chi connectivity index (χ4v) is 2.04. The highest BCUT2D eigenvalue weighted by Gasteiger charge is 2.27. The normalized spacial score (nSPS) is 15.9. The second kappa shape index (κ2) is 4.10. The van der Waals surface area contributed by atoms with Crippen LogP contribution in [0.25, 0.3) is 5.57 Å². The lowest BCUT2D eigenvalue weighted by molar-refractivity contribution is 0.177. The molecule has 0 saturated carbocycles. The van der Waals surface area contributed by atoms with Crippen molar-refractivity contribution < 1.29 is 9.53 Å². The first-order chi connectivity index (χ1) is 8.79. The van der Waals surface area contributed by atoms with E-state index < -0.39 is 6.09 Å². The molecule has 0 fully saturated rings. The van der Waals surface area contributed by atoms with Crippen LogP contribution in [-0.2, 0) is 4.74 Å². The first kappa shape index (κ1) is 10.7. The summed E-state index contributed by atoms with van der Waals surface area (Å²) in [6.45, 7) is 0.530. The molecule has 5 heteroatoms. The Labute approximate surface area is 104 Å². The SMILES string of the molecule is COC(=O)NC1=NCC=C2C1=Nc1ccccc12. The molecule has 5 nitrogen and oxygen atoms in total. The number of methoxy groups -OCH3 is 1. The minimum atomic E-state index is -0.534. The van der Waals surface area contributed by atoms with Gasteiger partial charge in [0.15, 0.2) is 5.84 Å². The minimum Gasteiger partial charge on any atom is -0.453 e. The molecule has 0 radical (unpaired) electrons. The second-order valence-corrected chi connectivity index (χ2v) is 3.90. The number of carbonyl (C=O) groups is 1. The maximum atomic E-state index is 11.3. The van der Waals surface area contributed by atoms with Gasteiger partial charge in [0, 0.05) is 11.1 Å². The third kappa shape index (κ3) is 1.60. The summed E-state index contributed by atoms with van der Waals surface area (Å²) in [5.74, 6) is 0.468. The maximum absolute atomic E-state index is 11.3. The van der Waals surface area contributed by atoms with Crippen LogP contribution in [0.3, 0.4) is 0 Å². The Kier molecular flexibility index (Phi) is 2.44. The highest BCUT2D eigenvalue weighted by Crippen LogP contribution is 2.35. The van der Waals surface area contributed by atoms with Crippen LogP contribution in [0, 0.1) is 0 Å². The molecule has 1 amide bonds. The van der Waals surface area contributed by atoms with E-state index in [9.17, 15) is 4.79 Å². The lowest BCUT2D eigenvalue weighted by Gasteiger charge is -2.13. The van der Waals surface area contributed by atoms with Gasteiger partial charge in [0.25, 0.3) is 0 Å². The summed E-state index contributed by atoms with van der Waals surface area (Å²) < 4.78 is 4.57. The Hall–Kier alpha value is -2.43. The number of para-hydroxylation sites is 1. The number of amides is 1. The summed E-state index contributed by atoms with van der Waals surface area (Å²) in [5.41, 5.74) is 3.70. The first-order valence-electron chi connectivity index (χ1n) is 5.58. The summed E-state index contributed by atoms with van der Waals surface area (Å²) in [7, 11) is 1.32. The number of alkyl carbamates (subject to hydrolysis) is 1. The Morgan fingerprint density at radius 3 is 3.06 bits per heavy atom. The summed E-state index contributed by atoms with van der Waals surface area (Å²) >= 11 is 0. The number of fused-ring (bicyclic) bond motifs is 3. The molecule has 0 atom stereocenters. The molecule has 1 aromatic carbocycles. The maximum Gasteiger partial charge on any atom is 0.412 e. The summed E-state index contributed by atoms with van der Waals surface area (Å²) in [6, 6.07) is 7.86. The molecule has 0 aromatic heterocycles. The Balaban J connectivity index is 1.97. The molecule has 0 unspecified atom stereocenters. The molecule has 2 heterocycles. The van der Waals surface area contributed by atoms with Crippen LogP contribution in [0.5, 0.6) is 0 Å². The molecule has 3 rings (SSSR count). The van der Waals surface area contributed by atoms with E-state index >= 15 is 0 Å². The Morgan fingerprint density at radius 1 is 1.39 bits per heavy atom. The molecular formula is C13H11N3O2. The molecule has 2 aliphatic rings. The van der Waals surface area contributed by atoms with E-state index in [1.165, 1.54) is 7.11 Å². The van der Waals surface area contributed by atoms with E-state index in [2.05, 4.69) is 20.0 Å². The Morgan fingerprint density at radius 2 is 2.22 bits per heavy atom. The average Bonchev–Trinajstić information content (AvgIpc) is 2.78. The molecule has 0 aliphatic carbocycles. The standard InChI is InChI=1S/C13H11N3O2/c1-18-13(17)16-12-11-9(6-7-14-12)8-4-2-3-5-10(8)15-11/h2-6H,7H2,1H3,(H,14,16,17). The third-order valence-electron chi connectivity index (χ3n) is 2.86. The Bertz CT molecular complexity index is 614. The minimum absolute atomic E-state index is 0.468. The van der Waals surface area contributed by atoms with Crippen molar-refractivity contribution >= 4 is 28.9 Å². The predicted molar refractivity (Wildman–Crippen MR) is 69.4 cm³/mol. The van der Waals surface area contributed by atoms with Crippen LogP contribution in [0.2, 0.25) is 0 Å². The summed E-state index contributed by atoms with van der Waals surface area (Å²) in [5, 5.41) is 2.59. The molecule has 0 spiro atoms. The number of rotatable bonds is 0. The van der Waals surface area contributed by atoms with Gasteiger partial charge in [0.1, 0.15) is 5.71 Å². The van der Waals surface area contributed by atoms with Crippen molar-refractivity contribution in [3.8, 4) is 0 Å². The third-order valence-corrected chi connectivity index (χ3v) is 2.86. The van der Waals surface area contributed by atoms with Crippen LogP contribution >= 0.6 is 0 Å². The van der Waals surface area contributed by atoms with Gasteiger partial charge in [0.2, 0.25) is 0 Å². The van der Waals surface area contributed by atoms with Gasteiger partial charge in [-0.15, -0.1) is 0 Å². The van der Waals surface area contributed by atoms with E-state index in [-0.39, 0.29) is 0 Å². The van der Waals surface area contributed by atoms with Crippen LogP contribution in [0.15, 0.2) is 40.3 Å². The van der Waals surface area contributed by atoms with Gasteiger partial charge in [-0.25, -0.2) is 9.79 Å². The largest absolute Gasteiger partial charge is 0.453 e. The highest BCUT2D eigenvalue weighted by molar-refractivity contribution is 6.61. The van der Waals surface area contributed by atoms with Crippen molar-refractivity contribution in [1.29, 1.82) is 0 Å². The molecule has 18 heavy (non-hydrogen) atoms. The van der Waals surface area contributed by atoms with Crippen LogP contribution in [-0.4, -0.2) is 31.3 Å². The van der Waals surface area contributed by atoms with E-state index in [1.54, 1.807) is 0 Å². The topological polar surface area (TPSA) is 63.0 Å².